The quantitative estimate of drug-likeness (QED) is 0.632. The molecule has 0 saturated carbocycles. The predicted octanol–water partition coefficient (Wildman–Crippen LogP) is 3.37. The topological polar surface area (TPSA) is 105 Å². The number of guanidine groups is 1. The zero-order valence-corrected chi connectivity index (χ0v) is 14.0. The van der Waals surface area contributed by atoms with E-state index in [1.807, 2.05) is 0 Å². The number of hydrogen-bond donors (Lipinski definition) is 2. The summed E-state index contributed by atoms with van der Waals surface area (Å²) < 4.78 is 38.1. The van der Waals surface area contributed by atoms with E-state index in [2.05, 4.69) is 9.98 Å². The van der Waals surface area contributed by atoms with Crippen LogP contribution in [0.2, 0.25) is 0 Å². The highest BCUT2D eigenvalue weighted by molar-refractivity contribution is 6.12. The minimum absolute atomic E-state index is 0.0178. The molecular weight excluding hydrogens is 363 g/mol. The van der Waals surface area contributed by atoms with Crippen LogP contribution in [0, 0.1) is 0 Å². The van der Waals surface area contributed by atoms with Gasteiger partial charge in [0.25, 0.3) is 5.91 Å². The Labute approximate surface area is 151 Å². The second kappa shape index (κ2) is 7.81. The number of alkyl halides is 3. The van der Waals surface area contributed by atoms with Crippen LogP contribution in [0.4, 0.5) is 13.2 Å². The summed E-state index contributed by atoms with van der Waals surface area (Å²) in [4.78, 5) is 30.6. The lowest BCUT2D eigenvalue weighted by atomic mass is 10.0. The molecule has 0 heterocycles. The molecule has 1 amide bonds. The highest BCUT2D eigenvalue weighted by Crippen LogP contribution is 2.29. The van der Waals surface area contributed by atoms with Gasteiger partial charge in [-0.25, -0.2) is 9.79 Å². The van der Waals surface area contributed by atoms with Crippen LogP contribution in [0.1, 0.15) is 38.8 Å². The van der Waals surface area contributed by atoms with Crippen molar-refractivity contribution in [3.63, 3.8) is 0 Å². The number of amides is 1. The van der Waals surface area contributed by atoms with Gasteiger partial charge in [-0.05, 0) is 31.2 Å². The largest absolute Gasteiger partial charge is 0.478 e. The fourth-order valence-electron chi connectivity index (χ4n) is 2.24. The first-order chi connectivity index (χ1) is 12.6. The van der Waals surface area contributed by atoms with Gasteiger partial charge in [-0.3, -0.25) is 4.79 Å². The van der Waals surface area contributed by atoms with Crippen LogP contribution in [0.3, 0.4) is 0 Å². The number of carbonyl (C=O) groups excluding carboxylic acids is 1. The van der Waals surface area contributed by atoms with Crippen molar-refractivity contribution in [2.75, 3.05) is 0 Å². The molecule has 0 spiro atoms. The van der Waals surface area contributed by atoms with E-state index in [0.29, 0.717) is 6.07 Å². The maximum absolute atomic E-state index is 12.7. The number of hydrogen-bond acceptors (Lipinski definition) is 2. The van der Waals surface area contributed by atoms with Gasteiger partial charge in [0.15, 0.2) is 0 Å². The molecule has 0 aromatic heterocycles. The van der Waals surface area contributed by atoms with E-state index in [0.717, 1.165) is 12.1 Å². The Morgan fingerprint density at radius 2 is 1.63 bits per heavy atom. The molecule has 0 bridgehead atoms. The average Bonchev–Trinajstić information content (AvgIpc) is 2.60. The number of carboxylic acids is 1. The van der Waals surface area contributed by atoms with E-state index in [1.165, 1.54) is 31.2 Å². The highest BCUT2D eigenvalue weighted by atomic mass is 19.4. The zero-order chi connectivity index (χ0) is 20.2. The number of carboxylic acid groups (broad SMARTS) is 1. The minimum Gasteiger partial charge on any atom is -0.478 e. The van der Waals surface area contributed by atoms with Crippen molar-refractivity contribution in [1.29, 1.82) is 0 Å². The Morgan fingerprint density at radius 1 is 1.00 bits per heavy atom. The van der Waals surface area contributed by atoms with Gasteiger partial charge in [-0.15, -0.1) is 0 Å². The van der Waals surface area contributed by atoms with Crippen molar-refractivity contribution >= 4 is 23.5 Å². The Morgan fingerprint density at radius 3 is 2.22 bits per heavy atom. The molecule has 9 heteroatoms. The summed E-state index contributed by atoms with van der Waals surface area (Å²) in [6.45, 7) is 1.47. The normalized spacial score (nSPS) is 12.7. The smallest absolute Gasteiger partial charge is 0.416 e. The molecule has 2 aromatic carbocycles. The lowest BCUT2D eigenvalue weighted by molar-refractivity contribution is -0.137. The summed E-state index contributed by atoms with van der Waals surface area (Å²) in [6.07, 6.45) is -4.60. The number of nitrogens with zero attached hydrogens (tertiary/aromatic N) is 2. The molecule has 0 unspecified atom stereocenters. The van der Waals surface area contributed by atoms with E-state index >= 15 is 0 Å². The van der Waals surface area contributed by atoms with E-state index < -0.39 is 29.6 Å². The molecule has 2 aromatic rings. The fraction of sp³-hybridized carbons (Fsp3) is 0.111. The molecular formula is C18H14F3N3O3. The van der Waals surface area contributed by atoms with Gasteiger partial charge in [0, 0.05) is 16.8 Å². The van der Waals surface area contributed by atoms with Crippen molar-refractivity contribution in [2.45, 2.75) is 13.1 Å². The predicted molar refractivity (Wildman–Crippen MR) is 93.0 cm³/mol. The lowest BCUT2D eigenvalue weighted by Crippen LogP contribution is -2.16. The zero-order valence-electron chi connectivity index (χ0n) is 14.0. The van der Waals surface area contributed by atoms with Crippen molar-refractivity contribution in [2.24, 2.45) is 15.7 Å². The van der Waals surface area contributed by atoms with Crippen molar-refractivity contribution in [3.05, 3.63) is 70.8 Å². The molecule has 6 nitrogen and oxygen atoms in total. The van der Waals surface area contributed by atoms with Gasteiger partial charge < -0.3 is 10.8 Å². The Kier molecular flexibility index (Phi) is 5.74. The Bertz CT molecular complexity index is 950. The summed E-state index contributed by atoms with van der Waals surface area (Å²) >= 11 is 0. The van der Waals surface area contributed by atoms with Crippen LogP contribution >= 0.6 is 0 Å². The van der Waals surface area contributed by atoms with E-state index in [-0.39, 0.29) is 22.4 Å². The van der Waals surface area contributed by atoms with Gasteiger partial charge in [-0.2, -0.15) is 18.2 Å². The third-order valence-electron chi connectivity index (χ3n) is 3.48. The first-order valence-electron chi connectivity index (χ1n) is 7.53. The second-order valence-electron chi connectivity index (χ2n) is 5.40. The van der Waals surface area contributed by atoms with Crippen molar-refractivity contribution in [3.8, 4) is 0 Å². The fourth-order valence-corrected chi connectivity index (χ4v) is 2.24. The van der Waals surface area contributed by atoms with Crippen molar-refractivity contribution < 1.29 is 27.9 Å². The molecule has 0 aliphatic rings. The third-order valence-corrected chi connectivity index (χ3v) is 3.48. The van der Waals surface area contributed by atoms with E-state index in [4.69, 9.17) is 5.73 Å². The monoisotopic (exact) mass is 377 g/mol. The SMILES string of the molecule is C/C(=N\C(N)=NC(=O)c1cccc(C(F)(F)F)c1)c1ccccc1C(=O)O. The summed E-state index contributed by atoms with van der Waals surface area (Å²) in [5.41, 5.74) is 4.73. The first-order valence-corrected chi connectivity index (χ1v) is 7.53. The van der Waals surface area contributed by atoms with Gasteiger partial charge in [0.2, 0.25) is 5.96 Å². The molecule has 140 valence electrons. The number of carbonyl (C=O) groups is 2. The van der Waals surface area contributed by atoms with E-state index in [9.17, 15) is 27.9 Å². The molecule has 0 saturated heterocycles. The molecule has 0 radical (unpaired) electrons. The Balaban J connectivity index is 2.31. The minimum atomic E-state index is -4.60. The molecule has 0 aliphatic heterocycles. The summed E-state index contributed by atoms with van der Waals surface area (Å²) in [5.74, 6) is -2.67. The number of halogens is 3. The van der Waals surface area contributed by atoms with Crippen LogP contribution in [-0.2, 0) is 6.18 Å². The van der Waals surface area contributed by atoms with Crippen molar-refractivity contribution in [1.82, 2.24) is 0 Å². The molecule has 0 aliphatic carbocycles. The van der Waals surface area contributed by atoms with Crippen LogP contribution in [0.25, 0.3) is 0 Å². The Hall–Kier alpha value is -3.49. The summed E-state index contributed by atoms with van der Waals surface area (Å²) in [7, 11) is 0. The number of nitrogens with two attached hydrogens (primary N) is 1. The molecule has 3 N–H and O–H groups in total. The lowest BCUT2D eigenvalue weighted by Gasteiger charge is -2.07. The van der Waals surface area contributed by atoms with Crippen LogP contribution in [0.15, 0.2) is 58.5 Å². The highest BCUT2D eigenvalue weighted by Gasteiger charge is 2.30. The maximum atomic E-state index is 12.7. The van der Waals surface area contributed by atoms with Gasteiger partial charge in [-0.1, -0.05) is 24.3 Å². The second-order valence-corrected chi connectivity index (χ2v) is 5.40. The molecule has 2 rings (SSSR count). The van der Waals surface area contributed by atoms with Gasteiger partial charge in [0.05, 0.1) is 11.1 Å². The number of aromatic carboxylic acids is 1. The van der Waals surface area contributed by atoms with Crippen LogP contribution in [0.5, 0.6) is 0 Å². The number of benzene rings is 2. The van der Waals surface area contributed by atoms with Crippen LogP contribution in [-0.4, -0.2) is 28.7 Å². The van der Waals surface area contributed by atoms with Gasteiger partial charge >= 0.3 is 12.1 Å². The first kappa shape index (κ1) is 19.8. The molecule has 0 atom stereocenters. The van der Waals surface area contributed by atoms with E-state index in [1.54, 1.807) is 6.07 Å². The summed E-state index contributed by atoms with van der Waals surface area (Å²) in [5, 5.41) is 9.17. The number of rotatable bonds is 3. The maximum Gasteiger partial charge on any atom is 0.416 e. The van der Waals surface area contributed by atoms with Gasteiger partial charge in [0.1, 0.15) is 0 Å². The molecule has 0 fully saturated rings. The standard InChI is InChI=1S/C18H14F3N3O3/c1-10(13-7-2-3-8-14(13)16(26)27)23-17(22)24-15(25)11-5-4-6-12(9-11)18(19,20)21/h2-9H,1H3,(H,26,27)(H2,22,24,25)/b23-10+. The van der Waals surface area contributed by atoms with Crippen LogP contribution < -0.4 is 5.73 Å². The molecule has 27 heavy (non-hydrogen) atoms. The number of aliphatic imine (C=N–C) groups is 2. The average molecular weight is 377 g/mol. The summed E-state index contributed by atoms with van der Waals surface area (Å²) in [6, 6.07) is 9.76. The third kappa shape index (κ3) is 5.00.